The Morgan fingerprint density at radius 1 is 1.37 bits per heavy atom. The molecular formula is C20H29N5O3S2. The van der Waals surface area contributed by atoms with Crippen molar-refractivity contribution in [3.8, 4) is 0 Å². The van der Waals surface area contributed by atoms with Crippen molar-refractivity contribution in [3.63, 3.8) is 0 Å². The quantitative estimate of drug-likeness (QED) is 0.341. The molecule has 0 saturated carbocycles. The van der Waals surface area contributed by atoms with Crippen molar-refractivity contribution in [3.05, 3.63) is 21.8 Å². The second-order valence-electron chi connectivity index (χ2n) is 7.49. The van der Waals surface area contributed by atoms with Crippen LogP contribution in [0.1, 0.15) is 66.7 Å². The molecule has 1 aliphatic carbocycles. The summed E-state index contributed by atoms with van der Waals surface area (Å²) in [6, 6.07) is 0. The topological polar surface area (TPSA) is 112 Å². The van der Waals surface area contributed by atoms with Crippen molar-refractivity contribution in [1.82, 2.24) is 14.9 Å². The highest BCUT2D eigenvalue weighted by atomic mass is 32.2. The van der Waals surface area contributed by atoms with E-state index in [0.29, 0.717) is 34.1 Å². The van der Waals surface area contributed by atoms with Crippen LogP contribution in [0, 0.1) is 5.92 Å². The number of nitrogen functional groups attached to an aromatic ring is 1. The number of nitrogens with zero attached hydrogens (tertiary/aromatic N) is 3. The van der Waals surface area contributed by atoms with Crippen LogP contribution in [0.5, 0.6) is 0 Å². The molecule has 0 saturated heterocycles. The maximum absolute atomic E-state index is 12.6. The molecule has 0 aliphatic heterocycles. The van der Waals surface area contributed by atoms with Gasteiger partial charge in [0.1, 0.15) is 5.00 Å². The third kappa shape index (κ3) is 5.15. The van der Waals surface area contributed by atoms with E-state index in [-0.39, 0.29) is 17.6 Å². The number of aromatic nitrogens is 3. The summed E-state index contributed by atoms with van der Waals surface area (Å²) >= 11 is 2.72. The summed E-state index contributed by atoms with van der Waals surface area (Å²) in [5.41, 5.74) is 1.55. The lowest BCUT2D eigenvalue weighted by atomic mass is 9.88. The van der Waals surface area contributed by atoms with Crippen molar-refractivity contribution in [2.24, 2.45) is 5.92 Å². The standard InChI is InChI=1S/C20H29N5O3S2/c1-4-6-7-15-23-24-20(25(15)21)29-11-16(26)22-18-17(19(27)28-5-2)13-9-8-12(3)10-14(13)30-18/h12H,4-11,21H2,1-3H3,(H,22,26). The lowest BCUT2D eigenvalue weighted by molar-refractivity contribution is -0.113. The van der Waals surface area contributed by atoms with Gasteiger partial charge in [0.25, 0.3) is 0 Å². The Morgan fingerprint density at radius 2 is 2.17 bits per heavy atom. The summed E-state index contributed by atoms with van der Waals surface area (Å²) in [7, 11) is 0. The van der Waals surface area contributed by atoms with Crippen molar-refractivity contribution < 1.29 is 14.3 Å². The number of unbranched alkanes of at least 4 members (excludes halogenated alkanes) is 1. The third-order valence-electron chi connectivity index (χ3n) is 5.07. The molecule has 0 fully saturated rings. The van der Waals surface area contributed by atoms with E-state index in [1.807, 2.05) is 0 Å². The third-order valence-corrected chi connectivity index (χ3v) is 7.18. The van der Waals surface area contributed by atoms with Crippen LogP contribution in [-0.2, 0) is 28.8 Å². The fraction of sp³-hybridized carbons (Fsp3) is 0.600. The second-order valence-corrected chi connectivity index (χ2v) is 9.53. The van der Waals surface area contributed by atoms with Gasteiger partial charge in [-0.1, -0.05) is 32.0 Å². The molecule has 2 aromatic rings. The molecule has 1 atom stereocenters. The molecule has 1 unspecified atom stereocenters. The maximum atomic E-state index is 12.6. The average molecular weight is 452 g/mol. The van der Waals surface area contributed by atoms with Gasteiger partial charge in [0.05, 0.1) is 17.9 Å². The number of hydrogen-bond acceptors (Lipinski definition) is 8. The van der Waals surface area contributed by atoms with Gasteiger partial charge in [-0.15, -0.1) is 21.5 Å². The van der Waals surface area contributed by atoms with Crippen molar-refractivity contribution in [2.75, 3.05) is 23.5 Å². The van der Waals surface area contributed by atoms with Gasteiger partial charge in [-0.05, 0) is 44.1 Å². The Hall–Kier alpha value is -2.07. The number of nitrogens with one attached hydrogen (secondary N) is 1. The number of aryl methyl sites for hydroxylation is 1. The Bertz CT molecular complexity index is 909. The minimum Gasteiger partial charge on any atom is -0.462 e. The molecule has 0 aromatic carbocycles. The van der Waals surface area contributed by atoms with Gasteiger partial charge in [0.2, 0.25) is 11.1 Å². The fourth-order valence-electron chi connectivity index (χ4n) is 3.46. The van der Waals surface area contributed by atoms with Crippen molar-refractivity contribution >= 4 is 40.0 Å². The Labute approximate surface area is 184 Å². The summed E-state index contributed by atoms with van der Waals surface area (Å²) in [5, 5.41) is 12.2. The van der Waals surface area contributed by atoms with E-state index >= 15 is 0 Å². The number of fused-ring (bicyclic) bond motifs is 1. The van der Waals surface area contributed by atoms with Crippen LogP contribution in [0.25, 0.3) is 0 Å². The summed E-state index contributed by atoms with van der Waals surface area (Å²) in [4.78, 5) is 26.3. The predicted octanol–water partition coefficient (Wildman–Crippen LogP) is 3.43. The SMILES string of the molecule is CCCCc1nnc(SCC(=O)Nc2sc3c(c2C(=O)OCC)CCC(C)C3)n1N. The number of amides is 1. The van der Waals surface area contributed by atoms with E-state index in [2.05, 4.69) is 29.4 Å². The minimum absolute atomic E-state index is 0.129. The number of hydrogen-bond donors (Lipinski definition) is 2. The van der Waals surface area contributed by atoms with Crippen LogP contribution in [-0.4, -0.2) is 39.1 Å². The highest BCUT2D eigenvalue weighted by Crippen LogP contribution is 2.40. The zero-order valence-corrected chi connectivity index (χ0v) is 19.3. The molecule has 0 spiro atoms. The number of carbonyl (C=O) groups is 2. The molecule has 2 aromatic heterocycles. The molecule has 2 heterocycles. The number of esters is 1. The molecule has 1 amide bonds. The van der Waals surface area contributed by atoms with E-state index in [0.717, 1.165) is 44.1 Å². The molecule has 3 rings (SSSR count). The summed E-state index contributed by atoms with van der Waals surface area (Å²) in [6.45, 7) is 6.39. The molecule has 0 radical (unpaired) electrons. The number of thioether (sulfide) groups is 1. The zero-order valence-electron chi connectivity index (χ0n) is 17.7. The number of rotatable bonds is 9. The van der Waals surface area contributed by atoms with E-state index in [1.165, 1.54) is 32.7 Å². The van der Waals surface area contributed by atoms with Crippen LogP contribution in [0.4, 0.5) is 5.00 Å². The van der Waals surface area contributed by atoms with Crippen molar-refractivity contribution in [1.29, 1.82) is 0 Å². The number of carbonyl (C=O) groups excluding carboxylic acids is 2. The normalized spacial score (nSPS) is 15.6. The Balaban J connectivity index is 1.69. The first-order chi connectivity index (χ1) is 14.4. The largest absolute Gasteiger partial charge is 0.462 e. The van der Waals surface area contributed by atoms with Crippen molar-refractivity contribution in [2.45, 2.75) is 64.5 Å². The number of ether oxygens (including phenoxy) is 1. The lowest BCUT2D eigenvalue weighted by Crippen LogP contribution is -2.19. The first-order valence-electron chi connectivity index (χ1n) is 10.4. The maximum Gasteiger partial charge on any atom is 0.341 e. The lowest BCUT2D eigenvalue weighted by Gasteiger charge is -2.18. The zero-order chi connectivity index (χ0) is 21.7. The second kappa shape index (κ2) is 10.3. The number of thiophene rings is 1. The molecule has 164 valence electrons. The van der Waals surface area contributed by atoms with Crippen LogP contribution < -0.4 is 11.2 Å². The highest BCUT2D eigenvalue weighted by molar-refractivity contribution is 7.99. The van der Waals surface area contributed by atoms with Gasteiger partial charge < -0.3 is 15.9 Å². The molecule has 3 N–H and O–H groups in total. The molecular weight excluding hydrogens is 422 g/mol. The summed E-state index contributed by atoms with van der Waals surface area (Å²) in [6.07, 6.45) is 5.58. The number of nitrogens with two attached hydrogens (primary N) is 1. The van der Waals surface area contributed by atoms with E-state index in [1.54, 1.807) is 6.92 Å². The predicted molar refractivity (Wildman–Crippen MR) is 120 cm³/mol. The van der Waals surface area contributed by atoms with Crippen LogP contribution >= 0.6 is 23.1 Å². The van der Waals surface area contributed by atoms with Gasteiger partial charge in [-0.3, -0.25) is 4.79 Å². The first-order valence-corrected chi connectivity index (χ1v) is 12.2. The Morgan fingerprint density at radius 3 is 2.90 bits per heavy atom. The fourth-order valence-corrected chi connectivity index (χ4v) is 5.55. The van der Waals surface area contributed by atoms with Gasteiger partial charge in [-0.2, -0.15) is 0 Å². The van der Waals surface area contributed by atoms with Crippen LogP contribution in [0.15, 0.2) is 5.16 Å². The highest BCUT2D eigenvalue weighted by Gasteiger charge is 2.29. The minimum atomic E-state index is -0.366. The summed E-state index contributed by atoms with van der Waals surface area (Å²) < 4.78 is 6.70. The van der Waals surface area contributed by atoms with Crippen LogP contribution in [0.2, 0.25) is 0 Å². The molecule has 10 heteroatoms. The molecule has 0 bridgehead atoms. The van der Waals surface area contributed by atoms with Gasteiger partial charge >= 0.3 is 5.97 Å². The first kappa shape index (κ1) is 22.6. The van der Waals surface area contributed by atoms with E-state index in [9.17, 15) is 9.59 Å². The van der Waals surface area contributed by atoms with Gasteiger partial charge in [0.15, 0.2) is 5.82 Å². The van der Waals surface area contributed by atoms with Gasteiger partial charge in [-0.25, -0.2) is 9.47 Å². The molecule has 8 nitrogen and oxygen atoms in total. The molecule has 30 heavy (non-hydrogen) atoms. The van der Waals surface area contributed by atoms with E-state index in [4.69, 9.17) is 10.6 Å². The summed E-state index contributed by atoms with van der Waals surface area (Å²) in [5.74, 6) is 6.87. The number of anilines is 1. The van der Waals surface area contributed by atoms with Crippen LogP contribution in [0.3, 0.4) is 0 Å². The average Bonchev–Trinajstić information content (AvgIpc) is 3.24. The smallest absolute Gasteiger partial charge is 0.341 e. The monoisotopic (exact) mass is 451 g/mol. The molecule has 1 aliphatic rings. The van der Waals surface area contributed by atoms with Gasteiger partial charge in [0, 0.05) is 11.3 Å². The Kier molecular flexibility index (Phi) is 7.76. The van der Waals surface area contributed by atoms with E-state index < -0.39 is 0 Å².